The van der Waals surface area contributed by atoms with E-state index in [1.165, 1.54) is 64.0 Å². The van der Waals surface area contributed by atoms with E-state index in [1.54, 1.807) is 0 Å². The lowest BCUT2D eigenvalue weighted by Crippen LogP contribution is -2.19. The number of rotatable bonds is 5. The minimum Gasteiger partial charge on any atom is -0.455 e. The van der Waals surface area contributed by atoms with Gasteiger partial charge in [0.2, 0.25) is 0 Å². The Hall–Kier alpha value is -7.27. The summed E-state index contributed by atoms with van der Waals surface area (Å²) in [5, 5.41) is 13.6. The molecule has 0 saturated carbocycles. The number of benzene rings is 9. The number of hydrogen-bond donors (Lipinski definition) is 1. The maximum atomic E-state index is 6.92. The maximum Gasteiger partial charge on any atom is 0.145 e. The molecule has 0 spiro atoms. The molecule has 0 bridgehead atoms. The molecule has 1 aliphatic heterocycles. The van der Waals surface area contributed by atoms with Gasteiger partial charge >= 0.3 is 0 Å². The monoisotopic (exact) mass is 786 g/mol. The average molecular weight is 787 g/mol. The van der Waals surface area contributed by atoms with Crippen molar-refractivity contribution in [2.45, 2.75) is 19.5 Å². The molecular weight excluding hydrogens is 749 g/mol. The summed E-state index contributed by atoms with van der Waals surface area (Å²) in [5.74, 6) is 0. The van der Waals surface area contributed by atoms with Crippen LogP contribution in [0.1, 0.15) is 36.2 Å². The van der Waals surface area contributed by atoms with Crippen LogP contribution < -0.4 is 5.32 Å². The molecule has 1 aliphatic rings. The van der Waals surface area contributed by atoms with E-state index >= 15 is 0 Å². The number of para-hydroxylation sites is 1. The van der Waals surface area contributed by atoms with Crippen LogP contribution in [-0.4, -0.2) is 5.71 Å². The van der Waals surface area contributed by atoms with Gasteiger partial charge in [0.1, 0.15) is 17.3 Å². The molecule has 11 aromatic rings. The minimum absolute atomic E-state index is 0.396. The molecule has 0 fully saturated rings. The van der Waals surface area contributed by atoms with Crippen LogP contribution in [0.5, 0.6) is 0 Å². The van der Waals surface area contributed by atoms with Crippen LogP contribution >= 0.6 is 11.3 Å². The van der Waals surface area contributed by atoms with Crippen LogP contribution in [0.25, 0.3) is 91.6 Å². The van der Waals surface area contributed by atoms with E-state index in [1.807, 2.05) is 11.3 Å². The van der Waals surface area contributed by atoms with E-state index in [4.69, 9.17) is 9.41 Å². The second-order valence-electron chi connectivity index (χ2n) is 15.9. The minimum atomic E-state index is -0.396. The van der Waals surface area contributed by atoms with Crippen LogP contribution in [0.15, 0.2) is 203 Å². The van der Waals surface area contributed by atoms with Gasteiger partial charge in [-0.25, -0.2) is 0 Å². The Morgan fingerprint density at radius 1 is 0.533 bits per heavy atom. The van der Waals surface area contributed by atoms with E-state index in [-0.39, 0.29) is 0 Å². The van der Waals surface area contributed by atoms with Crippen molar-refractivity contribution in [3.63, 3.8) is 0 Å². The van der Waals surface area contributed by atoms with Gasteiger partial charge in [-0.05, 0) is 86.6 Å². The summed E-state index contributed by atoms with van der Waals surface area (Å²) in [6.45, 7) is 2.25. The van der Waals surface area contributed by atoms with Gasteiger partial charge in [-0.15, -0.1) is 11.3 Å². The van der Waals surface area contributed by atoms with Crippen molar-refractivity contribution in [1.29, 1.82) is 0 Å². The molecule has 0 saturated heterocycles. The highest BCUT2D eigenvalue weighted by Crippen LogP contribution is 2.46. The zero-order valence-corrected chi connectivity index (χ0v) is 33.8. The maximum absolute atomic E-state index is 6.92. The molecule has 60 heavy (non-hydrogen) atoms. The summed E-state index contributed by atoms with van der Waals surface area (Å²) in [5.41, 5.74) is 13.2. The third kappa shape index (κ3) is 5.75. The van der Waals surface area contributed by atoms with Gasteiger partial charge in [-0.3, -0.25) is 4.99 Å². The molecule has 1 atom stereocenters. The molecular formula is C56H38N2OS. The van der Waals surface area contributed by atoms with E-state index in [0.717, 1.165) is 55.6 Å². The molecule has 0 aliphatic carbocycles. The molecule has 1 unspecified atom stereocenters. The Labute approximate surface area is 351 Å². The van der Waals surface area contributed by atoms with Crippen molar-refractivity contribution >= 4 is 86.4 Å². The lowest BCUT2D eigenvalue weighted by Gasteiger charge is -2.21. The van der Waals surface area contributed by atoms with E-state index in [9.17, 15) is 0 Å². The van der Waals surface area contributed by atoms with E-state index in [2.05, 4.69) is 200 Å². The average Bonchev–Trinajstić information content (AvgIpc) is 3.83. The first-order valence-electron chi connectivity index (χ1n) is 20.6. The second-order valence-corrected chi connectivity index (χ2v) is 17.0. The Balaban J connectivity index is 1.05. The van der Waals surface area contributed by atoms with Gasteiger partial charge in [0.15, 0.2) is 0 Å². The summed E-state index contributed by atoms with van der Waals surface area (Å²) >= 11 is 1.85. The van der Waals surface area contributed by atoms with E-state index in [0.29, 0.717) is 6.42 Å². The molecule has 284 valence electrons. The van der Waals surface area contributed by atoms with Crippen LogP contribution in [0.4, 0.5) is 0 Å². The van der Waals surface area contributed by atoms with Gasteiger partial charge in [0, 0.05) is 65.5 Å². The molecule has 9 aromatic carbocycles. The molecule has 1 N–H and O–H groups in total. The largest absolute Gasteiger partial charge is 0.455 e. The van der Waals surface area contributed by atoms with Gasteiger partial charge in [0.05, 0.1) is 0 Å². The number of aliphatic imine (C=N–C) groups is 1. The van der Waals surface area contributed by atoms with Gasteiger partial charge < -0.3 is 9.73 Å². The molecule has 3 nitrogen and oxygen atoms in total. The van der Waals surface area contributed by atoms with Crippen LogP contribution in [0.3, 0.4) is 0 Å². The lowest BCUT2D eigenvalue weighted by molar-refractivity contribution is 0.662. The Kier molecular flexibility index (Phi) is 8.07. The smallest absolute Gasteiger partial charge is 0.145 e. The SMILES string of the molecule is CC1=C(c2ccc3ccccc3c2)NC(c2ccc(-c3cccc4c3sc3ccccc34)c3oc4ccccc4c23)N=C(c2ccc3cc(-c4ccccc4)ccc3c2)C1. The number of furan rings is 1. The molecule has 0 amide bonds. The van der Waals surface area contributed by atoms with Crippen molar-refractivity contribution in [2.75, 3.05) is 0 Å². The number of thiophene rings is 1. The van der Waals surface area contributed by atoms with Crippen molar-refractivity contribution in [3.8, 4) is 22.3 Å². The number of fused-ring (bicyclic) bond motifs is 8. The number of allylic oxidation sites excluding steroid dienone is 1. The van der Waals surface area contributed by atoms with Gasteiger partial charge in [-0.1, -0.05) is 158 Å². The van der Waals surface area contributed by atoms with Crippen LogP contribution in [0, 0.1) is 0 Å². The van der Waals surface area contributed by atoms with Crippen molar-refractivity contribution < 1.29 is 4.42 Å². The highest BCUT2D eigenvalue weighted by Gasteiger charge is 2.27. The van der Waals surface area contributed by atoms with Gasteiger partial charge in [0.25, 0.3) is 0 Å². The predicted octanol–water partition coefficient (Wildman–Crippen LogP) is 15.5. The predicted molar refractivity (Wildman–Crippen MR) is 255 cm³/mol. The summed E-state index contributed by atoms with van der Waals surface area (Å²) in [6, 6.07) is 67.9. The van der Waals surface area contributed by atoms with Crippen molar-refractivity contribution in [3.05, 3.63) is 210 Å². The van der Waals surface area contributed by atoms with Crippen LogP contribution in [-0.2, 0) is 0 Å². The number of nitrogens with zero attached hydrogens (tertiary/aromatic N) is 1. The zero-order valence-electron chi connectivity index (χ0n) is 32.9. The standard InChI is InChI=1S/C56H38N2OS/c1-34-30-49(41-26-25-39-31-38(23-24-40(39)32-41)35-12-3-2-4-13-35)57-56(58-53(34)42-27-22-36-14-5-6-15-37(36)33-42)48-29-28-44(54-52(48)47-17-7-9-20-50(47)59-54)46-19-11-18-45-43-16-8-10-21-51(43)60-55(45)46/h2-29,31-33,56,58H,30H2,1H3. The lowest BCUT2D eigenvalue weighted by atomic mass is 9.95. The fourth-order valence-corrected chi connectivity index (χ4v) is 10.6. The van der Waals surface area contributed by atoms with E-state index < -0.39 is 6.17 Å². The third-order valence-electron chi connectivity index (χ3n) is 12.3. The first-order chi connectivity index (χ1) is 29.6. The zero-order chi connectivity index (χ0) is 39.7. The molecule has 3 heterocycles. The fourth-order valence-electron chi connectivity index (χ4n) is 9.32. The number of nitrogens with one attached hydrogen (secondary N) is 1. The summed E-state index contributed by atoms with van der Waals surface area (Å²) in [4.78, 5) is 5.72. The normalized spacial score (nSPS) is 14.7. The summed E-state index contributed by atoms with van der Waals surface area (Å²) < 4.78 is 9.48. The van der Waals surface area contributed by atoms with Crippen molar-refractivity contribution in [1.82, 2.24) is 5.32 Å². The highest BCUT2D eigenvalue weighted by molar-refractivity contribution is 7.26. The Morgan fingerprint density at radius 2 is 1.20 bits per heavy atom. The van der Waals surface area contributed by atoms with Crippen molar-refractivity contribution in [2.24, 2.45) is 4.99 Å². The van der Waals surface area contributed by atoms with Gasteiger partial charge in [-0.2, -0.15) is 0 Å². The third-order valence-corrected chi connectivity index (χ3v) is 13.5. The quantitative estimate of drug-likeness (QED) is 0.189. The Bertz CT molecular complexity index is 3570. The summed E-state index contributed by atoms with van der Waals surface area (Å²) in [6.07, 6.45) is 0.313. The molecule has 0 radical (unpaired) electrons. The number of hydrogen-bond acceptors (Lipinski definition) is 4. The molecule has 4 heteroatoms. The first-order valence-corrected chi connectivity index (χ1v) is 21.4. The second kappa shape index (κ2) is 13.9. The molecule has 2 aromatic heterocycles. The Morgan fingerprint density at radius 3 is 2.08 bits per heavy atom. The highest BCUT2D eigenvalue weighted by atomic mass is 32.1. The topological polar surface area (TPSA) is 37.5 Å². The first kappa shape index (κ1) is 34.7. The fraction of sp³-hybridized carbons (Fsp3) is 0.0536. The van der Waals surface area contributed by atoms with Crippen LogP contribution in [0.2, 0.25) is 0 Å². The summed E-state index contributed by atoms with van der Waals surface area (Å²) in [7, 11) is 0. The molecule has 12 rings (SSSR count).